The van der Waals surface area contributed by atoms with Crippen LogP contribution in [0.3, 0.4) is 0 Å². The Hall–Kier alpha value is -1.96. The summed E-state index contributed by atoms with van der Waals surface area (Å²) in [6, 6.07) is 23.7. The first-order valence-corrected chi connectivity index (χ1v) is 6.26. The maximum absolute atomic E-state index is 4.50. The van der Waals surface area contributed by atoms with Crippen LogP contribution in [-0.4, -0.2) is 9.78 Å². The summed E-state index contributed by atoms with van der Waals surface area (Å²) in [5.41, 5.74) is 2.08. The summed E-state index contributed by atoms with van der Waals surface area (Å²) < 4.78 is 1.93. The van der Waals surface area contributed by atoms with E-state index in [1.165, 1.54) is 16.2 Å². The van der Waals surface area contributed by atoms with Crippen LogP contribution < -0.4 is 0 Å². The third kappa shape index (κ3) is 1.96. The molecule has 0 aliphatic rings. The van der Waals surface area contributed by atoms with Gasteiger partial charge in [0.05, 0.1) is 11.7 Å². The fourth-order valence-electron chi connectivity index (χ4n) is 2.49. The molecule has 0 fully saturated rings. The molecule has 0 amide bonds. The molecule has 0 N–H and O–H groups in total. The molecule has 0 bridgehead atoms. The first-order chi connectivity index (χ1) is 9.43. The molecule has 1 aromatic heterocycles. The van der Waals surface area contributed by atoms with Crippen molar-refractivity contribution in [3.8, 4) is 5.69 Å². The Balaban J connectivity index is 0.00000121. The van der Waals surface area contributed by atoms with E-state index in [2.05, 4.69) is 47.6 Å². The Kier molecular flexibility index (Phi) is 3.39. The molecule has 4 aromatic rings. The summed E-state index contributed by atoms with van der Waals surface area (Å²) in [5, 5.41) is 8.16. The standard InChI is InChI=1S/C17H11N2.Ir/c1-2-7-14(8-3-1)19-17-11-10-13-6-4-5-9-15(13)16(17)12-18-19;/h1-7,9-12H;/q-1;. The minimum Gasteiger partial charge on any atom is -0.258 e. The van der Waals surface area contributed by atoms with Gasteiger partial charge in [-0.25, -0.2) is 0 Å². The monoisotopic (exact) mass is 436 g/mol. The van der Waals surface area contributed by atoms with Gasteiger partial charge in [-0.05, 0) is 22.5 Å². The van der Waals surface area contributed by atoms with Crippen molar-refractivity contribution >= 4 is 21.7 Å². The van der Waals surface area contributed by atoms with E-state index >= 15 is 0 Å². The van der Waals surface area contributed by atoms with Gasteiger partial charge >= 0.3 is 0 Å². The zero-order valence-corrected chi connectivity index (χ0v) is 13.0. The Bertz CT molecular complexity index is 866. The van der Waals surface area contributed by atoms with Gasteiger partial charge in [0.15, 0.2) is 0 Å². The van der Waals surface area contributed by atoms with Gasteiger partial charge in [-0.2, -0.15) is 29.4 Å². The van der Waals surface area contributed by atoms with E-state index in [0.29, 0.717) is 0 Å². The summed E-state index contributed by atoms with van der Waals surface area (Å²) in [7, 11) is 0. The molecule has 3 heteroatoms. The van der Waals surface area contributed by atoms with Gasteiger partial charge in [-0.15, -0.1) is 6.07 Å². The summed E-state index contributed by atoms with van der Waals surface area (Å²) >= 11 is 0. The molecule has 0 saturated carbocycles. The van der Waals surface area contributed by atoms with Crippen LogP contribution in [-0.2, 0) is 20.1 Å². The van der Waals surface area contributed by atoms with Crippen LogP contribution in [0, 0.1) is 6.07 Å². The van der Waals surface area contributed by atoms with Gasteiger partial charge in [-0.3, -0.25) is 4.68 Å². The molecule has 0 spiro atoms. The van der Waals surface area contributed by atoms with Gasteiger partial charge in [0, 0.05) is 25.5 Å². The van der Waals surface area contributed by atoms with Crippen LogP contribution in [0.5, 0.6) is 0 Å². The van der Waals surface area contributed by atoms with Crippen LogP contribution in [0.15, 0.2) is 66.9 Å². The van der Waals surface area contributed by atoms with Crippen molar-refractivity contribution in [3.05, 3.63) is 72.9 Å². The number of hydrogen-bond acceptors (Lipinski definition) is 1. The molecule has 20 heavy (non-hydrogen) atoms. The number of para-hydroxylation sites is 1. The fourth-order valence-corrected chi connectivity index (χ4v) is 2.49. The predicted molar refractivity (Wildman–Crippen MR) is 77.4 cm³/mol. The average molecular weight is 436 g/mol. The van der Waals surface area contributed by atoms with Crippen molar-refractivity contribution in [1.29, 1.82) is 0 Å². The number of nitrogens with zero attached hydrogens (tertiary/aromatic N) is 2. The van der Waals surface area contributed by atoms with Crippen molar-refractivity contribution in [2.75, 3.05) is 0 Å². The van der Waals surface area contributed by atoms with Crippen molar-refractivity contribution in [2.45, 2.75) is 0 Å². The maximum atomic E-state index is 4.50. The van der Waals surface area contributed by atoms with Gasteiger partial charge in [0.2, 0.25) is 0 Å². The largest absolute Gasteiger partial charge is 0.258 e. The van der Waals surface area contributed by atoms with Gasteiger partial charge < -0.3 is 0 Å². The van der Waals surface area contributed by atoms with Gasteiger partial charge in [-0.1, -0.05) is 30.3 Å². The Morgan fingerprint density at radius 3 is 2.55 bits per heavy atom. The Labute approximate surface area is 130 Å². The van der Waals surface area contributed by atoms with Gasteiger partial charge in [0.1, 0.15) is 0 Å². The molecular weight excluding hydrogens is 424 g/mol. The molecule has 0 atom stereocenters. The maximum Gasteiger partial charge on any atom is 0.0722 e. The third-order valence-corrected chi connectivity index (χ3v) is 3.40. The zero-order valence-electron chi connectivity index (χ0n) is 10.6. The fraction of sp³-hybridized carbons (Fsp3) is 0. The number of hydrogen-bond donors (Lipinski definition) is 0. The van der Waals surface area contributed by atoms with E-state index in [1.54, 1.807) is 0 Å². The molecule has 0 saturated heterocycles. The van der Waals surface area contributed by atoms with E-state index < -0.39 is 0 Å². The van der Waals surface area contributed by atoms with Crippen molar-refractivity contribution in [1.82, 2.24) is 9.78 Å². The summed E-state index contributed by atoms with van der Waals surface area (Å²) in [6.45, 7) is 0. The van der Waals surface area contributed by atoms with E-state index in [-0.39, 0.29) is 20.1 Å². The van der Waals surface area contributed by atoms with Crippen LogP contribution in [0.1, 0.15) is 0 Å². The minimum atomic E-state index is 0. The zero-order chi connectivity index (χ0) is 12.7. The normalized spacial score (nSPS) is 10.6. The molecule has 3 aromatic carbocycles. The van der Waals surface area contributed by atoms with Crippen LogP contribution in [0.25, 0.3) is 27.4 Å². The van der Waals surface area contributed by atoms with E-state index in [0.717, 1.165) is 11.2 Å². The smallest absolute Gasteiger partial charge is 0.0722 e. The molecule has 1 heterocycles. The quantitative estimate of drug-likeness (QED) is 0.414. The van der Waals surface area contributed by atoms with Crippen molar-refractivity contribution < 1.29 is 20.1 Å². The molecular formula is C17H11IrN2-. The molecule has 4 rings (SSSR count). The molecule has 0 aliphatic carbocycles. The molecule has 0 unspecified atom stereocenters. The van der Waals surface area contributed by atoms with E-state index in [1.807, 2.05) is 35.1 Å². The number of aromatic nitrogens is 2. The van der Waals surface area contributed by atoms with Crippen LogP contribution in [0.2, 0.25) is 0 Å². The number of rotatable bonds is 1. The average Bonchev–Trinajstić information content (AvgIpc) is 2.92. The Morgan fingerprint density at radius 1 is 0.850 bits per heavy atom. The molecule has 1 radical (unpaired) electrons. The van der Waals surface area contributed by atoms with Crippen molar-refractivity contribution in [3.63, 3.8) is 0 Å². The van der Waals surface area contributed by atoms with Gasteiger partial charge in [0.25, 0.3) is 0 Å². The second-order valence-electron chi connectivity index (χ2n) is 4.52. The molecule has 2 nitrogen and oxygen atoms in total. The number of fused-ring (bicyclic) bond motifs is 3. The van der Waals surface area contributed by atoms with Crippen LogP contribution in [0.4, 0.5) is 0 Å². The summed E-state index contributed by atoms with van der Waals surface area (Å²) in [4.78, 5) is 0. The Morgan fingerprint density at radius 2 is 1.70 bits per heavy atom. The van der Waals surface area contributed by atoms with Crippen LogP contribution >= 0.6 is 0 Å². The second-order valence-corrected chi connectivity index (χ2v) is 4.52. The first kappa shape index (κ1) is 13.0. The summed E-state index contributed by atoms with van der Waals surface area (Å²) in [6.07, 6.45) is 1.93. The molecule has 99 valence electrons. The second kappa shape index (κ2) is 5.20. The first-order valence-electron chi connectivity index (χ1n) is 6.26. The summed E-state index contributed by atoms with van der Waals surface area (Å²) in [5.74, 6) is 0. The topological polar surface area (TPSA) is 17.8 Å². The minimum absolute atomic E-state index is 0. The van der Waals surface area contributed by atoms with E-state index in [9.17, 15) is 0 Å². The molecule has 0 aliphatic heterocycles. The number of benzene rings is 3. The predicted octanol–water partition coefficient (Wildman–Crippen LogP) is 3.98. The van der Waals surface area contributed by atoms with Crippen molar-refractivity contribution in [2.24, 2.45) is 0 Å². The van der Waals surface area contributed by atoms with E-state index in [4.69, 9.17) is 0 Å². The SMILES string of the molecule is [Ir].[c-]1ccccc1-n1ncc2c3ccccc3ccc21. The third-order valence-electron chi connectivity index (χ3n) is 3.40.